The van der Waals surface area contributed by atoms with Crippen molar-refractivity contribution in [3.05, 3.63) is 28.2 Å². The third-order valence-corrected chi connectivity index (χ3v) is 4.12. The van der Waals surface area contributed by atoms with Gasteiger partial charge in [0.15, 0.2) is 11.5 Å². The third-order valence-electron chi connectivity index (χ3n) is 3.75. The first-order valence-corrected chi connectivity index (χ1v) is 7.65. The van der Waals surface area contributed by atoms with Gasteiger partial charge in [-0.1, -0.05) is 16.8 Å². The van der Waals surface area contributed by atoms with Crippen molar-refractivity contribution in [1.82, 2.24) is 14.9 Å². The van der Waals surface area contributed by atoms with Crippen molar-refractivity contribution in [2.24, 2.45) is 0 Å². The van der Waals surface area contributed by atoms with Crippen LogP contribution < -0.4 is 5.32 Å². The van der Waals surface area contributed by atoms with E-state index in [-0.39, 0.29) is 17.4 Å². The fourth-order valence-electron chi connectivity index (χ4n) is 2.39. The Balaban J connectivity index is 1.91. The van der Waals surface area contributed by atoms with Crippen LogP contribution in [0.3, 0.4) is 0 Å². The largest absolute Gasteiger partial charge is 0.436 e. The highest BCUT2D eigenvalue weighted by Gasteiger charge is 2.43. The zero-order valence-corrected chi connectivity index (χ0v) is 13.6. The summed E-state index contributed by atoms with van der Waals surface area (Å²) in [6.07, 6.45) is -3.23. The molecule has 0 aliphatic heterocycles. The first-order valence-electron chi connectivity index (χ1n) is 7.27. The van der Waals surface area contributed by atoms with Crippen LogP contribution in [0.1, 0.15) is 48.9 Å². The van der Waals surface area contributed by atoms with Gasteiger partial charge in [-0.15, -0.1) is 0 Å². The first-order chi connectivity index (χ1) is 11.2. The van der Waals surface area contributed by atoms with E-state index >= 15 is 0 Å². The molecule has 2 aromatic heterocycles. The van der Waals surface area contributed by atoms with Crippen molar-refractivity contribution in [1.29, 1.82) is 0 Å². The predicted octanol–water partition coefficient (Wildman–Crippen LogP) is 3.93. The van der Waals surface area contributed by atoms with Crippen molar-refractivity contribution >= 4 is 23.3 Å². The van der Waals surface area contributed by atoms with Gasteiger partial charge in [0.25, 0.3) is 0 Å². The van der Waals surface area contributed by atoms with Crippen LogP contribution in [-0.4, -0.2) is 20.8 Å². The monoisotopic (exact) mass is 362 g/mol. The summed E-state index contributed by atoms with van der Waals surface area (Å²) >= 11 is 5.90. The third kappa shape index (κ3) is 3.12. The fourth-order valence-corrected chi connectivity index (χ4v) is 2.78. The Hall–Kier alpha value is -2.03. The van der Waals surface area contributed by atoms with Gasteiger partial charge in [0.1, 0.15) is 11.8 Å². The number of carbonyl (C=O) groups excluding carboxylic acids is 1. The normalized spacial score (nSPS) is 16.2. The van der Waals surface area contributed by atoms with Crippen LogP contribution in [0.2, 0.25) is 5.02 Å². The number of anilines is 1. The molecule has 0 bridgehead atoms. The van der Waals surface area contributed by atoms with Gasteiger partial charge in [-0.05, 0) is 26.7 Å². The molecule has 1 unspecified atom stereocenters. The molecule has 1 aliphatic rings. The molecular weight excluding hydrogens is 349 g/mol. The molecule has 1 aliphatic carbocycles. The lowest BCUT2D eigenvalue weighted by atomic mass is 10.2. The number of aryl methyl sites for hydroxylation is 1. The van der Waals surface area contributed by atoms with Crippen LogP contribution in [0, 0.1) is 6.92 Å². The van der Waals surface area contributed by atoms with Gasteiger partial charge < -0.3 is 9.84 Å². The average molecular weight is 363 g/mol. The lowest BCUT2D eigenvalue weighted by Gasteiger charge is -2.14. The van der Waals surface area contributed by atoms with E-state index in [1.54, 1.807) is 6.92 Å². The number of alkyl halides is 3. The van der Waals surface area contributed by atoms with E-state index in [0.29, 0.717) is 5.76 Å². The number of carbonyl (C=O) groups is 1. The SMILES string of the molecule is Cc1cc(NC(=O)C(C)n2nc(C(F)(F)F)c(Cl)c2C2CC2)no1. The molecule has 130 valence electrons. The second kappa shape index (κ2) is 5.80. The Morgan fingerprint density at radius 3 is 2.67 bits per heavy atom. The van der Waals surface area contributed by atoms with E-state index in [1.165, 1.54) is 13.0 Å². The summed E-state index contributed by atoms with van der Waals surface area (Å²) in [7, 11) is 0. The Morgan fingerprint density at radius 1 is 1.50 bits per heavy atom. The maximum absolute atomic E-state index is 13.1. The molecule has 10 heteroatoms. The number of hydrogen-bond acceptors (Lipinski definition) is 4. The topological polar surface area (TPSA) is 73.0 Å². The summed E-state index contributed by atoms with van der Waals surface area (Å²) in [4.78, 5) is 12.3. The summed E-state index contributed by atoms with van der Waals surface area (Å²) in [6, 6.07) is 0.523. The summed E-state index contributed by atoms with van der Waals surface area (Å²) in [5.74, 6) is 0.0217. The second-order valence-corrected chi connectivity index (χ2v) is 6.13. The molecule has 1 fully saturated rings. The van der Waals surface area contributed by atoms with Gasteiger partial charge in [0.05, 0.1) is 10.7 Å². The first kappa shape index (κ1) is 16.8. The predicted molar refractivity (Wildman–Crippen MR) is 78.8 cm³/mol. The van der Waals surface area contributed by atoms with E-state index in [0.717, 1.165) is 17.5 Å². The van der Waals surface area contributed by atoms with E-state index in [4.69, 9.17) is 16.1 Å². The Morgan fingerprint density at radius 2 is 2.17 bits per heavy atom. The Labute approximate surface area is 139 Å². The van der Waals surface area contributed by atoms with Crippen LogP contribution >= 0.6 is 11.6 Å². The zero-order valence-electron chi connectivity index (χ0n) is 12.8. The van der Waals surface area contributed by atoms with E-state index < -0.39 is 28.8 Å². The number of hydrogen-bond donors (Lipinski definition) is 1. The van der Waals surface area contributed by atoms with E-state index in [1.807, 2.05) is 0 Å². The minimum atomic E-state index is -4.68. The maximum atomic E-state index is 13.1. The molecular formula is C14H14ClF3N4O2. The molecule has 6 nitrogen and oxygen atoms in total. The molecule has 24 heavy (non-hydrogen) atoms. The summed E-state index contributed by atoms with van der Waals surface area (Å²) in [5.41, 5.74) is -0.911. The van der Waals surface area contributed by atoms with Crippen molar-refractivity contribution < 1.29 is 22.5 Å². The minimum Gasteiger partial charge on any atom is -0.360 e. The molecule has 0 saturated heterocycles. The van der Waals surface area contributed by atoms with Crippen LogP contribution in [0.25, 0.3) is 0 Å². The number of nitrogens with zero attached hydrogens (tertiary/aromatic N) is 3. The van der Waals surface area contributed by atoms with Crippen LogP contribution in [0.15, 0.2) is 10.6 Å². The summed E-state index contributed by atoms with van der Waals surface area (Å²) in [6.45, 7) is 3.11. The number of nitrogens with one attached hydrogen (secondary N) is 1. The van der Waals surface area contributed by atoms with Crippen LogP contribution in [-0.2, 0) is 11.0 Å². The summed E-state index contributed by atoms with van der Waals surface area (Å²) in [5, 5.41) is 9.24. The second-order valence-electron chi connectivity index (χ2n) is 5.75. The van der Waals surface area contributed by atoms with Gasteiger partial charge in [-0.3, -0.25) is 9.48 Å². The standard InChI is InChI=1S/C14H14ClF3N4O2/c1-6-5-9(21-24-6)19-13(23)7(2)22-11(8-3-4-8)10(15)12(20-22)14(16,17)18/h5,7-8H,3-4H2,1-2H3,(H,19,21,23). The molecule has 2 heterocycles. The quantitative estimate of drug-likeness (QED) is 0.894. The summed E-state index contributed by atoms with van der Waals surface area (Å²) < 4.78 is 45.1. The lowest BCUT2D eigenvalue weighted by Crippen LogP contribution is -2.26. The van der Waals surface area contributed by atoms with Crippen LogP contribution in [0.5, 0.6) is 0 Å². The molecule has 1 N–H and O–H groups in total. The molecule has 1 saturated carbocycles. The Kier molecular flexibility index (Phi) is 4.06. The van der Waals surface area contributed by atoms with Crippen molar-refractivity contribution in [2.45, 2.75) is 44.8 Å². The number of halogens is 4. The van der Waals surface area contributed by atoms with Gasteiger partial charge in [-0.25, -0.2) is 0 Å². The van der Waals surface area contributed by atoms with Gasteiger partial charge in [0, 0.05) is 12.0 Å². The van der Waals surface area contributed by atoms with Crippen molar-refractivity contribution in [3.8, 4) is 0 Å². The van der Waals surface area contributed by atoms with Gasteiger partial charge >= 0.3 is 6.18 Å². The highest BCUT2D eigenvalue weighted by Crippen LogP contribution is 2.47. The molecule has 1 atom stereocenters. The maximum Gasteiger partial charge on any atom is 0.436 e. The molecule has 0 aromatic carbocycles. The molecule has 0 spiro atoms. The highest BCUT2D eigenvalue weighted by atomic mass is 35.5. The number of rotatable bonds is 4. The van der Waals surface area contributed by atoms with Gasteiger partial charge in [0.2, 0.25) is 5.91 Å². The number of aromatic nitrogens is 3. The number of amides is 1. The average Bonchev–Trinajstić information content (AvgIpc) is 3.14. The minimum absolute atomic E-state index is 0.106. The van der Waals surface area contributed by atoms with Crippen molar-refractivity contribution in [2.75, 3.05) is 5.32 Å². The van der Waals surface area contributed by atoms with Crippen molar-refractivity contribution in [3.63, 3.8) is 0 Å². The van der Waals surface area contributed by atoms with E-state index in [2.05, 4.69) is 15.6 Å². The highest BCUT2D eigenvalue weighted by molar-refractivity contribution is 6.32. The van der Waals surface area contributed by atoms with Gasteiger partial charge in [-0.2, -0.15) is 18.3 Å². The molecule has 1 amide bonds. The van der Waals surface area contributed by atoms with E-state index in [9.17, 15) is 18.0 Å². The molecule has 2 aromatic rings. The smallest absolute Gasteiger partial charge is 0.360 e. The lowest BCUT2D eigenvalue weighted by molar-refractivity contribution is -0.141. The molecule has 3 rings (SSSR count). The zero-order chi connectivity index (χ0) is 17.6. The van der Waals surface area contributed by atoms with Crippen LogP contribution in [0.4, 0.5) is 19.0 Å². The Bertz CT molecular complexity index is 780. The molecule has 0 radical (unpaired) electrons. The fraction of sp³-hybridized carbons (Fsp3) is 0.500.